The molecule has 1 aliphatic rings. The van der Waals surface area contributed by atoms with Crippen molar-refractivity contribution in [3.05, 3.63) is 63.6 Å². The third kappa shape index (κ3) is 2.82. The predicted molar refractivity (Wildman–Crippen MR) is 101 cm³/mol. The Morgan fingerprint density at radius 1 is 1.24 bits per heavy atom. The molecule has 2 aromatic carbocycles. The van der Waals surface area contributed by atoms with E-state index in [9.17, 15) is 5.26 Å². The molecule has 25 heavy (non-hydrogen) atoms. The van der Waals surface area contributed by atoms with Gasteiger partial charge in [-0.3, -0.25) is 0 Å². The molecule has 4 rings (SSSR count). The second-order valence-electron chi connectivity index (χ2n) is 5.98. The number of nitrogens with one attached hydrogen (secondary N) is 1. The van der Waals surface area contributed by atoms with Crippen molar-refractivity contribution in [2.45, 2.75) is 19.5 Å². The number of nitrogens with two attached hydrogens (primary N) is 1. The van der Waals surface area contributed by atoms with Gasteiger partial charge in [0.1, 0.15) is 23.1 Å². The van der Waals surface area contributed by atoms with Gasteiger partial charge in [0.05, 0.1) is 0 Å². The van der Waals surface area contributed by atoms with Gasteiger partial charge < -0.3 is 11.1 Å². The molecule has 5 nitrogen and oxygen atoms in total. The second-order valence-corrected chi connectivity index (χ2v) is 6.90. The molecule has 0 aliphatic carbocycles. The molecule has 0 amide bonds. The van der Waals surface area contributed by atoms with Crippen molar-refractivity contribution in [3.8, 4) is 17.3 Å². The quantitative estimate of drug-likeness (QED) is 0.690. The van der Waals surface area contributed by atoms with Crippen molar-refractivity contribution < 1.29 is 0 Å². The standard InChI is InChI=1S/C19H16BrN5/c20-15-5-6-17-14(9-15)7-8-25-19(23-17)16(11-22)18(24-25)13-3-1-12(10-21)2-4-13/h1-6,9,23H,7-8,10,21H2. The molecule has 0 atom stereocenters. The molecule has 124 valence electrons. The molecule has 0 bridgehead atoms. The molecule has 0 saturated carbocycles. The van der Waals surface area contributed by atoms with Crippen LogP contribution in [0.2, 0.25) is 0 Å². The van der Waals surface area contributed by atoms with E-state index in [1.165, 1.54) is 5.56 Å². The average molecular weight is 394 g/mol. The van der Waals surface area contributed by atoms with E-state index in [4.69, 9.17) is 10.8 Å². The Hall–Kier alpha value is -2.62. The molecule has 0 unspecified atom stereocenters. The van der Waals surface area contributed by atoms with Crippen LogP contribution >= 0.6 is 15.9 Å². The smallest absolute Gasteiger partial charge is 0.147 e. The van der Waals surface area contributed by atoms with Gasteiger partial charge in [-0.2, -0.15) is 10.4 Å². The Balaban J connectivity index is 1.80. The number of aromatic nitrogens is 2. The fourth-order valence-electron chi connectivity index (χ4n) is 3.10. The monoisotopic (exact) mass is 393 g/mol. The first kappa shape index (κ1) is 15.9. The van der Waals surface area contributed by atoms with Crippen molar-refractivity contribution >= 4 is 27.4 Å². The Kier molecular flexibility index (Phi) is 4.04. The lowest BCUT2D eigenvalue weighted by atomic mass is 10.1. The highest BCUT2D eigenvalue weighted by atomic mass is 79.9. The lowest BCUT2D eigenvalue weighted by Crippen LogP contribution is -2.02. The predicted octanol–water partition coefficient (Wildman–Crippen LogP) is 3.94. The number of hydrogen-bond donors (Lipinski definition) is 2. The first-order valence-corrected chi connectivity index (χ1v) is 8.84. The molecule has 0 saturated heterocycles. The number of aryl methyl sites for hydroxylation is 2. The summed E-state index contributed by atoms with van der Waals surface area (Å²) in [7, 11) is 0. The first-order chi connectivity index (χ1) is 12.2. The van der Waals surface area contributed by atoms with Crippen LogP contribution in [0.3, 0.4) is 0 Å². The zero-order valence-corrected chi connectivity index (χ0v) is 15.0. The maximum atomic E-state index is 9.74. The van der Waals surface area contributed by atoms with Gasteiger partial charge in [-0.15, -0.1) is 0 Å². The SMILES string of the molecule is N#Cc1c(-c2ccc(CN)cc2)nn2c1Nc1ccc(Br)cc1CC2. The van der Waals surface area contributed by atoms with Gasteiger partial charge >= 0.3 is 0 Å². The maximum Gasteiger partial charge on any atom is 0.147 e. The Morgan fingerprint density at radius 3 is 2.76 bits per heavy atom. The van der Waals surface area contributed by atoms with Gasteiger partial charge in [-0.25, -0.2) is 4.68 Å². The average Bonchev–Trinajstić information content (AvgIpc) is 2.89. The van der Waals surface area contributed by atoms with Crippen molar-refractivity contribution in [2.24, 2.45) is 5.73 Å². The molecule has 1 aliphatic heterocycles. The third-order valence-corrected chi connectivity index (χ3v) is 4.93. The zero-order chi connectivity index (χ0) is 17.4. The molecule has 0 fully saturated rings. The number of rotatable bonds is 2. The lowest BCUT2D eigenvalue weighted by Gasteiger charge is -2.08. The number of halogens is 1. The Labute approximate surface area is 154 Å². The minimum absolute atomic E-state index is 0.499. The summed E-state index contributed by atoms with van der Waals surface area (Å²) in [5, 5.41) is 17.8. The van der Waals surface area contributed by atoms with Crippen LogP contribution in [0.1, 0.15) is 16.7 Å². The van der Waals surface area contributed by atoms with Crippen LogP contribution in [0.25, 0.3) is 11.3 Å². The van der Waals surface area contributed by atoms with Gasteiger partial charge in [0.25, 0.3) is 0 Å². The van der Waals surface area contributed by atoms with Crippen molar-refractivity contribution in [2.75, 3.05) is 5.32 Å². The van der Waals surface area contributed by atoms with Gasteiger partial charge in [-0.05, 0) is 35.7 Å². The summed E-state index contributed by atoms with van der Waals surface area (Å²) in [5.74, 6) is 0.751. The molecule has 3 aromatic rings. The van der Waals surface area contributed by atoms with Crippen LogP contribution in [-0.2, 0) is 19.5 Å². The molecular weight excluding hydrogens is 378 g/mol. The number of nitriles is 1. The topological polar surface area (TPSA) is 79.7 Å². The number of nitrogens with zero attached hydrogens (tertiary/aromatic N) is 3. The van der Waals surface area contributed by atoms with E-state index >= 15 is 0 Å². The number of benzene rings is 2. The molecule has 3 N–H and O–H groups in total. The van der Waals surface area contributed by atoms with E-state index in [1.807, 2.05) is 41.1 Å². The van der Waals surface area contributed by atoms with E-state index in [-0.39, 0.29) is 0 Å². The molecule has 0 radical (unpaired) electrons. The summed E-state index contributed by atoms with van der Waals surface area (Å²) in [4.78, 5) is 0. The first-order valence-electron chi connectivity index (χ1n) is 8.05. The molecule has 2 heterocycles. The summed E-state index contributed by atoms with van der Waals surface area (Å²) in [6.45, 7) is 1.22. The number of anilines is 2. The fourth-order valence-corrected chi connectivity index (χ4v) is 3.51. The zero-order valence-electron chi connectivity index (χ0n) is 13.5. The van der Waals surface area contributed by atoms with E-state index in [0.717, 1.165) is 40.1 Å². The summed E-state index contributed by atoms with van der Waals surface area (Å²) in [6, 6.07) is 16.3. The van der Waals surface area contributed by atoms with Gasteiger partial charge in [0, 0.05) is 28.8 Å². The minimum atomic E-state index is 0.499. The van der Waals surface area contributed by atoms with Crippen LogP contribution in [0.4, 0.5) is 11.5 Å². The normalized spacial score (nSPS) is 12.5. The summed E-state index contributed by atoms with van der Waals surface area (Å²) >= 11 is 3.51. The Morgan fingerprint density at radius 2 is 2.04 bits per heavy atom. The van der Waals surface area contributed by atoms with Crippen LogP contribution in [0, 0.1) is 11.3 Å². The van der Waals surface area contributed by atoms with E-state index in [1.54, 1.807) is 0 Å². The van der Waals surface area contributed by atoms with Crippen LogP contribution in [0.15, 0.2) is 46.9 Å². The van der Waals surface area contributed by atoms with Crippen molar-refractivity contribution in [3.63, 3.8) is 0 Å². The largest absolute Gasteiger partial charge is 0.339 e. The number of hydrogen-bond acceptors (Lipinski definition) is 4. The Bertz CT molecular complexity index is 982. The second kappa shape index (κ2) is 6.36. The molecule has 0 spiro atoms. The lowest BCUT2D eigenvalue weighted by molar-refractivity contribution is 0.632. The summed E-state index contributed by atoms with van der Waals surface area (Å²) < 4.78 is 2.94. The highest BCUT2D eigenvalue weighted by Crippen LogP contribution is 2.34. The van der Waals surface area contributed by atoms with E-state index in [0.29, 0.717) is 17.8 Å². The molecule has 6 heteroatoms. The van der Waals surface area contributed by atoms with Crippen molar-refractivity contribution in [1.29, 1.82) is 5.26 Å². The number of fused-ring (bicyclic) bond motifs is 2. The van der Waals surface area contributed by atoms with Gasteiger partial charge in [-0.1, -0.05) is 40.2 Å². The van der Waals surface area contributed by atoms with Gasteiger partial charge in [0.15, 0.2) is 0 Å². The van der Waals surface area contributed by atoms with E-state index in [2.05, 4.69) is 33.4 Å². The highest BCUT2D eigenvalue weighted by molar-refractivity contribution is 9.10. The molecular formula is C19H16BrN5. The third-order valence-electron chi connectivity index (χ3n) is 4.44. The van der Waals surface area contributed by atoms with Crippen LogP contribution in [-0.4, -0.2) is 9.78 Å². The van der Waals surface area contributed by atoms with E-state index < -0.39 is 0 Å². The van der Waals surface area contributed by atoms with Crippen molar-refractivity contribution in [1.82, 2.24) is 9.78 Å². The highest BCUT2D eigenvalue weighted by Gasteiger charge is 2.22. The van der Waals surface area contributed by atoms with Crippen LogP contribution < -0.4 is 11.1 Å². The summed E-state index contributed by atoms with van der Waals surface area (Å²) in [5.41, 5.74) is 11.1. The molecule has 1 aromatic heterocycles. The minimum Gasteiger partial charge on any atom is -0.339 e. The summed E-state index contributed by atoms with van der Waals surface area (Å²) in [6.07, 6.45) is 0.854. The fraction of sp³-hybridized carbons (Fsp3) is 0.158. The van der Waals surface area contributed by atoms with Gasteiger partial charge in [0.2, 0.25) is 0 Å². The maximum absolute atomic E-state index is 9.74. The van der Waals surface area contributed by atoms with Crippen LogP contribution in [0.5, 0.6) is 0 Å².